The fourth-order valence-corrected chi connectivity index (χ4v) is 1.11. The Kier molecular flexibility index (Phi) is 4.50. The molecule has 8 heteroatoms. The summed E-state index contributed by atoms with van der Waals surface area (Å²) in [6.07, 6.45) is -4.32. The summed E-state index contributed by atoms with van der Waals surface area (Å²) in [5, 5.41) is 2.69. The van der Waals surface area contributed by atoms with Crippen molar-refractivity contribution in [1.82, 2.24) is 9.97 Å². The van der Waals surface area contributed by atoms with Crippen LogP contribution in [-0.4, -0.2) is 35.9 Å². The Bertz CT molecular complexity index is 417. The highest BCUT2D eigenvalue weighted by atomic mass is 19.4. The molecule has 0 radical (unpaired) electrons. The first-order valence-corrected chi connectivity index (χ1v) is 4.83. The lowest BCUT2D eigenvalue weighted by atomic mass is 10.5. The lowest BCUT2D eigenvalue weighted by Gasteiger charge is -2.08. The van der Waals surface area contributed by atoms with Crippen LogP contribution in [-0.2, 0) is 4.74 Å². The van der Waals surface area contributed by atoms with Gasteiger partial charge in [-0.25, -0.2) is 4.98 Å². The van der Waals surface area contributed by atoms with E-state index in [4.69, 9.17) is 0 Å². The van der Waals surface area contributed by atoms with Crippen LogP contribution >= 0.6 is 0 Å². The van der Waals surface area contributed by atoms with Gasteiger partial charge in [0.1, 0.15) is 18.2 Å². The minimum absolute atomic E-state index is 0.118. The van der Waals surface area contributed by atoms with Gasteiger partial charge < -0.3 is 15.0 Å². The predicted octanol–water partition coefficient (Wildman–Crippen LogP) is 1.07. The van der Waals surface area contributed by atoms with Crippen molar-refractivity contribution in [1.29, 1.82) is 0 Å². The maximum Gasteiger partial charge on any atom is 0.411 e. The topological polar surface area (TPSA) is 67.0 Å². The number of aromatic amines is 1. The summed E-state index contributed by atoms with van der Waals surface area (Å²) in [7, 11) is 0. The van der Waals surface area contributed by atoms with Crippen LogP contribution in [0.5, 0.6) is 0 Å². The molecule has 1 aromatic rings. The number of hydrogen-bond donors (Lipinski definition) is 2. The van der Waals surface area contributed by atoms with Gasteiger partial charge in [-0.05, 0) is 6.92 Å². The zero-order valence-corrected chi connectivity index (χ0v) is 9.10. The van der Waals surface area contributed by atoms with Crippen molar-refractivity contribution >= 4 is 5.82 Å². The average molecular weight is 251 g/mol. The van der Waals surface area contributed by atoms with Gasteiger partial charge in [0, 0.05) is 12.6 Å². The Hall–Kier alpha value is -1.57. The number of aromatic nitrogens is 2. The zero-order chi connectivity index (χ0) is 12.9. The van der Waals surface area contributed by atoms with Crippen molar-refractivity contribution in [2.45, 2.75) is 13.1 Å². The van der Waals surface area contributed by atoms with Crippen molar-refractivity contribution in [3.8, 4) is 0 Å². The van der Waals surface area contributed by atoms with Crippen LogP contribution in [0, 0.1) is 6.92 Å². The molecule has 96 valence electrons. The van der Waals surface area contributed by atoms with Crippen LogP contribution in [0.3, 0.4) is 0 Å². The second kappa shape index (κ2) is 5.67. The van der Waals surface area contributed by atoms with E-state index in [9.17, 15) is 18.0 Å². The third-order valence-electron chi connectivity index (χ3n) is 1.68. The molecular weight excluding hydrogens is 239 g/mol. The van der Waals surface area contributed by atoms with Crippen molar-refractivity contribution in [2.75, 3.05) is 25.1 Å². The number of halogens is 3. The van der Waals surface area contributed by atoms with Crippen LogP contribution in [0.4, 0.5) is 19.0 Å². The molecular formula is C9H12F3N3O2. The first-order chi connectivity index (χ1) is 7.87. The molecule has 1 aromatic heterocycles. The quantitative estimate of drug-likeness (QED) is 0.768. The standard InChI is InChI=1S/C9H12F3N3O2/c1-6-14-7(4-8(16)15-6)13-2-3-17-5-9(10,11)12/h4H,2-3,5H2,1H3,(H2,13,14,15,16). The summed E-state index contributed by atoms with van der Waals surface area (Å²) in [5.41, 5.74) is -0.323. The average Bonchev–Trinajstić information content (AvgIpc) is 2.13. The summed E-state index contributed by atoms with van der Waals surface area (Å²) >= 11 is 0. The summed E-state index contributed by atoms with van der Waals surface area (Å²) in [6, 6.07) is 1.22. The Labute approximate surface area is 95.0 Å². The van der Waals surface area contributed by atoms with Crippen molar-refractivity contribution in [3.63, 3.8) is 0 Å². The highest BCUT2D eigenvalue weighted by Crippen LogP contribution is 2.14. The summed E-state index contributed by atoms with van der Waals surface area (Å²) in [5.74, 6) is 0.734. The number of rotatable bonds is 5. The highest BCUT2D eigenvalue weighted by Gasteiger charge is 2.27. The van der Waals surface area contributed by atoms with E-state index >= 15 is 0 Å². The number of anilines is 1. The minimum atomic E-state index is -4.32. The molecule has 1 heterocycles. The third-order valence-corrected chi connectivity index (χ3v) is 1.68. The number of nitrogens with zero attached hydrogens (tertiary/aromatic N) is 1. The number of hydrogen-bond acceptors (Lipinski definition) is 4. The summed E-state index contributed by atoms with van der Waals surface area (Å²) in [6.45, 7) is 0.349. The fourth-order valence-electron chi connectivity index (χ4n) is 1.11. The van der Waals surface area contributed by atoms with Gasteiger partial charge in [-0.15, -0.1) is 0 Å². The van der Waals surface area contributed by atoms with Gasteiger partial charge in [0.25, 0.3) is 5.56 Å². The summed E-state index contributed by atoms with van der Waals surface area (Å²) < 4.78 is 39.5. The molecule has 0 aliphatic carbocycles. The van der Waals surface area contributed by atoms with Crippen LogP contribution in [0.15, 0.2) is 10.9 Å². The largest absolute Gasteiger partial charge is 0.411 e. The van der Waals surface area contributed by atoms with Gasteiger partial charge in [0.2, 0.25) is 0 Å². The molecule has 0 spiro atoms. The third kappa shape index (κ3) is 5.91. The SMILES string of the molecule is Cc1nc(NCCOCC(F)(F)F)cc(=O)[nH]1. The second-order valence-electron chi connectivity index (χ2n) is 3.31. The van der Waals surface area contributed by atoms with Crippen molar-refractivity contribution < 1.29 is 17.9 Å². The van der Waals surface area contributed by atoms with E-state index in [1.54, 1.807) is 6.92 Å². The monoisotopic (exact) mass is 251 g/mol. The molecule has 0 unspecified atom stereocenters. The molecule has 2 N–H and O–H groups in total. The maximum atomic E-state index is 11.7. The van der Waals surface area contributed by atoms with E-state index < -0.39 is 12.8 Å². The molecule has 0 saturated carbocycles. The first-order valence-electron chi connectivity index (χ1n) is 4.83. The van der Waals surface area contributed by atoms with Crippen molar-refractivity contribution in [2.24, 2.45) is 0 Å². The molecule has 5 nitrogen and oxygen atoms in total. The number of ether oxygens (including phenoxy) is 1. The van der Waals surface area contributed by atoms with Crippen LogP contribution < -0.4 is 10.9 Å². The molecule has 0 atom stereocenters. The zero-order valence-electron chi connectivity index (χ0n) is 9.10. The van der Waals surface area contributed by atoms with E-state index in [0.717, 1.165) is 0 Å². The van der Waals surface area contributed by atoms with Gasteiger partial charge in [-0.3, -0.25) is 4.79 Å². The molecule has 0 aromatic carbocycles. The normalized spacial score (nSPS) is 11.5. The molecule has 0 amide bonds. The smallest absolute Gasteiger partial charge is 0.370 e. The number of alkyl halides is 3. The molecule has 0 saturated heterocycles. The van der Waals surface area contributed by atoms with Gasteiger partial charge >= 0.3 is 6.18 Å². The molecule has 0 aliphatic rings. The van der Waals surface area contributed by atoms with E-state index in [0.29, 0.717) is 11.6 Å². The van der Waals surface area contributed by atoms with Crippen molar-refractivity contribution in [3.05, 3.63) is 22.2 Å². The fraction of sp³-hybridized carbons (Fsp3) is 0.556. The highest BCUT2D eigenvalue weighted by molar-refractivity contribution is 5.32. The van der Waals surface area contributed by atoms with Crippen LogP contribution in [0.2, 0.25) is 0 Å². The van der Waals surface area contributed by atoms with Gasteiger partial charge in [-0.1, -0.05) is 0 Å². The van der Waals surface area contributed by atoms with Gasteiger partial charge in [0.05, 0.1) is 6.61 Å². The molecule has 0 bridgehead atoms. The lowest BCUT2D eigenvalue weighted by Crippen LogP contribution is -2.21. The maximum absolute atomic E-state index is 11.7. The minimum Gasteiger partial charge on any atom is -0.370 e. The van der Waals surface area contributed by atoms with E-state index in [2.05, 4.69) is 20.0 Å². The van der Waals surface area contributed by atoms with Crippen LogP contribution in [0.1, 0.15) is 5.82 Å². The van der Waals surface area contributed by atoms with E-state index in [-0.39, 0.29) is 18.7 Å². The van der Waals surface area contributed by atoms with Gasteiger partial charge in [0.15, 0.2) is 0 Å². The van der Waals surface area contributed by atoms with E-state index in [1.165, 1.54) is 6.07 Å². The first kappa shape index (κ1) is 13.5. The molecule has 17 heavy (non-hydrogen) atoms. The molecule has 1 rings (SSSR count). The van der Waals surface area contributed by atoms with Gasteiger partial charge in [-0.2, -0.15) is 13.2 Å². The number of aryl methyl sites for hydroxylation is 1. The number of nitrogens with one attached hydrogen (secondary N) is 2. The van der Waals surface area contributed by atoms with E-state index in [1.807, 2.05) is 0 Å². The predicted molar refractivity (Wildman–Crippen MR) is 55.0 cm³/mol. The second-order valence-corrected chi connectivity index (χ2v) is 3.31. The molecule has 0 fully saturated rings. The Morgan fingerprint density at radius 3 is 2.82 bits per heavy atom. The molecule has 0 aliphatic heterocycles. The van der Waals surface area contributed by atoms with Crippen LogP contribution in [0.25, 0.3) is 0 Å². The number of H-pyrrole nitrogens is 1. The Morgan fingerprint density at radius 2 is 2.24 bits per heavy atom. The Morgan fingerprint density at radius 1 is 1.53 bits per heavy atom. The lowest BCUT2D eigenvalue weighted by molar-refractivity contribution is -0.172. The Balaban J connectivity index is 2.29. The summed E-state index contributed by atoms with van der Waals surface area (Å²) in [4.78, 5) is 17.4.